The Morgan fingerprint density at radius 1 is 1.14 bits per heavy atom. The van der Waals surface area contributed by atoms with Crippen LogP contribution in [-0.2, 0) is 4.74 Å². The van der Waals surface area contributed by atoms with Gasteiger partial charge < -0.3 is 25.0 Å². The molecule has 150 valence electrons. The molecule has 6 nitrogen and oxygen atoms in total. The van der Waals surface area contributed by atoms with Gasteiger partial charge in [-0.1, -0.05) is 19.4 Å². The van der Waals surface area contributed by atoms with Crippen LogP contribution in [-0.4, -0.2) is 38.9 Å². The average Bonchev–Trinajstić information content (AvgIpc) is 2.71. The summed E-state index contributed by atoms with van der Waals surface area (Å²) in [7, 11) is 5.00. The number of hydrogen-bond acceptors (Lipinski definition) is 5. The van der Waals surface area contributed by atoms with E-state index >= 15 is 0 Å². The van der Waals surface area contributed by atoms with E-state index in [1.165, 1.54) is 7.11 Å². The van der Waals surface area contributed by atoms with Crippen LogP contribution in [0.2, 0.25) is 0 Å². The zero-order valence-electron chi connectivity index (χ0n) is 16.7. The van der Waals surface area contributed by atoms with Gasteiger partial charge in [-0.3, -0.25) is 0 Å². The summed E-state index contributed by atoms with van der Waals surface area (Å²) < 4.78 is 10.1. The molecule has 0 aromatic heterocycles. The Bertz CT molecular complexity index is 826. The third-order valence-corrected chi connectivity index (χ3v) is 4.46. The molecule has 0 spiro atoms. The van der Waals surface area contributed by atoms with E-state index in [-0.39, 0.29) is 0 Å². The normalized spacial score (nSPS) is 10.1. The summed E-state index contributed by atoms with van der Waals surface area (Å²) >= 11 is 5.47. The van der Waals surface area contributed by atoms with Gasteiger partial charge in [-0.2, -0.15) is 0 Å². The van der Waals surface area contributed by atoms with Crippen LogP contribution in [0.5, 0.6) is 5.75 Å². The van der Waals surface area contributed by atoms with E-state index in [2.05, 4.69) is 22.5 Å². The van der Waals surface area contributed by atoms with Crippen LogP contribution < -0.4 is 20.3 Å². The smallest absolute Gasteiger partial charge is 0.337 e. The molecule has 0 bridgehead atoms. The maximum absolute atomic E-state index is 11.9. The molecular weight excluding hydrogens is 374 g/mol. The third kappa shape index (κ3) is 5.85. The minimum Gasteiger partial charge on any atom is -0.497 e. The van der Waals surface area contributed by atoms with Crippen LogP contribution in [0.25, 0.3) is 0 Å². The summed E-state index contributed by atoms with van der Waals surface area (Å²) in [5.41, 5.74) is 2.96. The van der Waals surface area contributed by atoms with E-state index < -0.39 is 5.97 Å². The molecule has 0 saturated carbocycles. The number of hydrogen-bond donors (Lipinski definition) is 2. The number of esters is 1. The van der Waals surface area contributed by atoms with Gasteiger partial charge in [-0.05, 0) is 49.0 Å². The standard InChI is InChI=1S/C21H27N3O3S/c1-5-6-12-24(2)19-11-10-15(20(25)27-4)13-18(19)23-21(28)22-16-8-7-9-17(14-16)26-3/h7-11,13-14H,5-6,12H2,1-4H3,(H2,22,23,28). The molecule has 0 fully saturated rings. The minimum absolute atomic E-state index is 0.391. The van der Waals surface area contributed by atoms with Crippen molar-refractivity contribution in [1.29, 1.82) is 0 Å². The van der Waals surface area contributed by atoms with Gasteiger partial charge in [-0.25, -0.2) is 4.79 Å². The zero-order valence-corrected chi connectivity index (χ0v) is 17.6. The van der Waals surface area contributed by atoms with Crippen molar-refractivity contribution in [3.05, 3.63) is 48.0 Å². The van der Waals surface area contributed by atoms with Crippen molar-refractivity contribution in [2.75, 3.05) is 43.3 Å². The first-order valence-corrected chi connectivity index (χ1v) is 9.54. The lowest BCUT2D eigenvalue weighted by molar-refractivity contribution is 0.0601. The van der Waals surface area contributed by atoms with Crippen LogP contribution in [0.15, 0.2) is 42.5 Å². The Morgan fingerprint density at radius 2 is 1.93 bits per heavy atom. The van der Waals surface area contributed by atoms with E-state index in [9.17, 15) is 4.79 Å². The second kappa shape index (κ2) is 10.5. The third-order valence-electron chi connectivity index (χ3n) is 4.25. The number of methoxy groups -OCH3 is 2. The molecule has 0 heterocycles. The second-order valence-electron chi connectivity index (χ2n) is 6.31. The van der Waals surface area contributed by atoms with E-state index in [1.807, 2.05) is 37.4 Å². The summed E-state index contributed by atoms with van der Waals surface area (Å²) in [5, 5.41) is 6.76. The van der Waals surface area contributed by atoms with Crippen molar-refractivity contribution < 1.29 is 14.3 Å². The summed E-state index contributed by atoms with van der Waals surface area (Å²) in [6.07, 6.45) is 2.17. The predicted molar refractivity (Wildman–Crippen MR) is 119 cm³/mol. The second-order valence-corrected chi connectivity index (χ2v) is 6.72. The topological polar surface area (TPSA) is 62.8 Å². The highest BCUT2D eigenvalue weighted by molar-refractivity contribution is 7.80. The predicted octanol–water partition coefficient (Wildman–Crippen LogP) is 4.53. The van der Waals surface area contributed by atoms with Crippen LogP contribution in [0.3, 0.4) is 0 Å². The van der Waals surface area contributed by atoms with E-state index in [0.29, 0.717) is 10.7 Å². The molecule has 0 amide bonds. The van der Waals surface area contributed by atoms with Gasteiger partial charge in [0.15, 0.2) is 5.11 Å². The van der Waals surface area contributed by atoms with Crippen molar-refractivity contribution in [3.8, 4) is 5.75 Å². The van der Waals surface area contributed by atoms with E-state index in [4.69, 9.17) is 21.7 Å². The molecule has 2 N–H and O–H groups in total. The largest absolute Gasteiger partial charge is 0.497 e. The Kier molecular flexibility index (Phi) is 8.07. The number of carbonyl (C=O) groups excluding carboxylic acids is 1. The lowest BCUT2D eigenvalue weighted by Crippen LogP contribution is -2.24. The SMILES string of the molecule is CCCCN(C)c1ccc(C(=O)OC)cc1NC(=S)Nc1cccc(OC)c1. The summed E-state index contributed by atoms with van der Waals surface area (Å²) in [5.74, 6) is 0.345. The Morgan fingerprint density at radius 3 is 2.61 bits per heavy atom. The van der Waals surface area contributed by atoms with Crippen LogP contribution in [0, 0.1) is 0 Å². The number of nitrogens with zero attached hydrogens (tertiary/aromatic N) is 1. The fraction of sp³-hybridized carbons (Fsp3) is 0.333. The molecule has 0 radical (unpaired) electrons. The first kappa shape index (κ1) is 21.5. The Hall–Kier alpha value is -2.80. The first-order chi connectivity index (χ1) is 13.5. The number of nitrogens with one attached hydrogen (secondary N) is 2. The fourth-order valence-corrected chi connectivity index (χ4v) is 2.94. The number of anilines is 3. The molecule has 2 rings (SSSR count). The molecule has 7 heteroatoms. The van der Waals surface area contributed by atoms with Gasteiger partial charge in [0.25, 0.3) is 0 Å². The van der Waals surface area contributed by atoms with E-state index in [1.54, 1.807) is 19.2 Å². The number of ether oxygens (including phenoxy) is 2. The quantitative estimate of drug-likeness (QED) is 0.498. The molecule has 0 aliphatic heterocycles. The fourth-order valence-electron chi connectivity index (χ4n) is 2.72. The molecule has 0 saturated heterocycles. The number of rotatable bonds is 8. The van der Waals surface area contributed by atoms with Gasteiger partial charge in [0, 0.05) is 25.3 Å². The van der Waals surface area contributed by atoms with Gasteiger partial charge in [0.05, 0.1) is 31.2 Å². The van der Waals surface area contributed by atoms with Crippen molar-refractivity contribution in [2.24, 2.45) is 0 Å². The number of thiocarbonyl (C=S) groups is 1. The monoisotopic (exact) mass is 401 g/mol. The minimum atomic E-state index is -0.391. The van der Waals surface area contributed by atoms with Crippen LogP contribution in [0.4, 0.5) is 17.1 Å². The number of unbranched alkanes of at least 4 members (excludes halogenated alkanes) is 1. The van der Waals surface area contributed by atoms with Crippen LogP contribution in [0.1, 0.15) is 30.1 Å². The van der Waals surface area contributed by atoms with Gasteiger partial charge in [0.2, 0.25) is 0 Å². The van der Waals surface area contributed by atoms with Gasteiger partial charge >= 0.3 is 5.97 Å². The van der Waals surface area contributed by atoms with Crippen molar-refractivity contribution in [1.82, 2.24) is 0 Å². The molecule has 2 aromatic rings. The lowest BCUT2D eigenvalue weighted by atomic mass is 10.1. The average molecular weight is 402 g/mol. The molecular formula is C21H27N3O3S. The molecule has 2 aromatic carbocycles. The lowest BCUT2D eigenvalue weighted by Gasteiger charge is -2.24. The number of benzene rings is 2. The highest BCUT2D eigenvalue weighted by Crippen LogP contribution is 2.28. The van der Waals surface area contributed by atoms with Crippen molar-refractivity contribution >= 4 is 40.4 Å². The maximum atomic E-state index is 11.9. The maximum Gasteiger partial charge on any atom is 0.337 e. The van der Waals surface area contributed by atoms with E-state index in [0.717, 1.165) is 42.2 Å². The van der Waals surface area contributed by atoms with Crippen LogP contribution >= 0.6 is 12.2 Å². The Labute approximate surface area is 171 Å². The molecule has 28 heavy (non-hydrogen) atoms. The first-order valence-electron chi connectivity index (χ1n) is 9.14. The zero-order chi connectivity index (χ0) is 20.5. The van der Waals surface area contributed by atoms with Gasteiger partial charge in [0.1, 0.15) is 5.75 Å². The summed E-state index contributed by atoms with van der Waals surface area (Å²) in [4.78, 5) is 14.1. The number of carbonyl (C=O) groups is 1. The van der Waals surface area contributed by atoms with Crippen molar-refractivity contribution in [3.63, 3.8) is 0 Å². The van der Waals surface area contributed by atoms with Crippen molar-refractivity contribution in [2.45, 2.75) is 19.8 Å². The molecule has 0 atom stereocenters. The Balaban J connectivity index is 2.24. The highest BCUT2D eigenvalue weighted by atomic mass is 32.1. The highest BCUT2D eigenvalue weighted by Gasteiger charge is 2.14. The summed E-state index contributed by atoms with van der Waals surface area (Å²) in [6, 6.07) is 12.9. The van der Waals surface area contributed by atoms with Gasteiger partial charge in [-0.15, -0.1) is 0 Å². The summed E-state index contributed by atoms with van der Waals surface area (Å²) in [6.45, 7) is 3.05. The molecule has 0 aliphatic rings. The molecule has 0 unspecified atom stereocenters. The molecule has 0 aliphatic carbocycles.